The summed E-state index contributed by atoms with van der Waals surface area (Å²) >= 11 is 11.5. The van der Waals surface area contributed by atoms with Gasteiger partial charge in [0.25, 0.3) is 5.91 Å². The summed E-state index contributed by atoms with van der Waals surface area (Å²) in [5.74, 6) is -0.754. The van der Waals surface area contributed by atoms with Gasteiger partial charge in [-0.05, 0) is 32.4 Å². The molecule has 110 valence electrons. The van der Waals surface area contributed by atoms with Crippen LogP contribution in [0.15, 0.2) is 33.7 Å². The van der Waals surface area contributed by atoms with Crippen molar-refractivity contribution in [1.82, 2.24) is 0 Å². The van der Waals surface area contributed by atoms with Gasteiger partial charge in [-0.25, -0.2) is 8.42 Å². The molecule has 1 aromatic rings. The van der Waals surface area contributed by atoms with E-state index in [1.165, 1.54) is 13.8 Å². The smallest absolute Gasteiger partial charge is 0.269 e. The highest BCUT2D eigenvalue weighted by Crippen LogP contribution is 2.25. The van der Waals surface area contributed by atoms with Gasteiger partial charge in [0, 0.05) is 5.69 Å². The van der Waals surface area contributed by atoms with Crippen molar-refractivity contribution in [2.24, 2.45) is 0 Å². The molecule has 1 rings (SSSR count). The Balaban J connectivity index is 3.07. The van der Waals surface area contributed by atoms with Gasteiger partial charge in [0.05, 0.1) is 5.25 Å². The molecule has 4 nitrogen and oxygen atoms in total. The molecule has 0 aliphatic carbocycles. The van der Waals surface area contributed by atoms with Crippen LogP contribution < -0.4 is 5.32 Å². The first-order chi connectivity index (χ1) is 9.17. The van der Waals surface area contributed by atoms with E-state index < -0.39 is 30.4 Å². The van der Waals surface area contributed by atoms with Crippen LogP contribution in [0.2, 0.25) is 0 Å². The van der Waals surface area contributed by atoms with Gasteiger partial charge in [-0.2, -0.15) is 0 Å². The van der Waals surface area contributed by atoms with E-state index in [2.05, 4.69) is 5.32 Å². The van der Waals surface area contributed by atoms with E-state index in [0.717, 1.165) is 5.56 Å². The highest BCUT2D eigenvalue weighted by Gasteiger charge is 2.26. The maximum Gasteiger partial charge on any atom is 0.269 e. The standard InChI is InChI=1S/C13H15Cl2NO3S/c1-8(2)20(18,19)12(15)11(14)13(17)16-10-7-5-4-6-9(10)3/h4-8H,1-3H3,(H,16,17). The van der Waals surface area contributed by atoms with Crippen molar-refractivity contribution in [3.63, 3.8) is 0 Å². The van der Waals surface area contributed by atoms with E-state index in [9.17, 15) is 13.2 Å². The maximum absolute atomic E-state index is 11.9. The van der Waals surface area contributed by atoms with Crippen LogP contribution in [0.4, 0.5) is 5.69 Å². The zero-order valence-electron chi connectivity index (χ0n) is 11.3. The number of carbonyl (C=O) groups excluding carboxylic acids is 1. The van der Waals surface area contributed by atoms with Crippen molar-refractivity contribution < 1.29 is 13.2 Å². The molecule has 1 amide bonds. The predicted octanol–water partition coefficient (Wildman–Crippen LogP) is 3.40. The average molecular weight is 336 g/mol. The number of rotatable bonds is 4. The molecule has 0 aliphatic rings. The average Bonchev–Trinajstić information content (AvgIpc) is 2.39. The number of aryl methyl sites for hydroxylation is 1. The number of hydrogen-bond acceptors (Lipinski definition) is 3. The van der Waals surface area contributed by atoms with Gasteiger partial charge in [0.15, 0.2) is 14.2 Å². The zero-order chi connectivity index (χ0) is 15.5. The Kier molecular flexibility index (Phi) is 5.62. The third-order valence-corrected chi connectivity index (χ3v) is 5.98. The van der Waals surface area contributed by atoms with Crippen LogP contribution in [0.1, 0.15) is 19.4 Å². The number of anilines is 1. The molecule has 1 aromatic carbocycles. The number of hydrogen-bond donors (Lipinski definition) is 1. The molecule has 0 aromatic heterocycles. The lowest BCUT2D eigenvalue weighted by atomic mass is 10.2. The van der Waals surface area contributed by atoms with Gasteiger partial charge >= 0.3 is 0 Å². The molecule has 0 heterocycles. The van der Waals surface area contributed by atoms with Crippen LogP contribution in [0.3, 0.4) is 0 Å². The molecule has 0 saturated carbocycles. The third kappa shape index (κ3) is 3.75. The Morgan fingerprint density at radius 1 is 1.20 bits per heavy atom. The van der Waals surface area contributed by atoms with Gasteiger partial charge in [-0.1, -0.05) is 41.4 Å². The molecule has 20 heavy (non-hydrogen) atoms. The second-order valence-corrected chi connectivity index (χ2v) is 7.87. The SMILES string of the molecule is Cc1ccccc1NC(=O)C(Cl)=C(Cl)S(=O)(=O)C(C)C. The van der Waals surface area contributed by atoms with E-state index in [0.29, 0.717) is 5.69 Å². The number of nitrogens with one attached hydrogen (secondary N) is 1. The summed E-state index contributed by atoms with van der Waals surface area (Å²) in [5.41, 5.74) is 1.37. The van der Waals surface area contributed by atoms with Gasteiger partial charge in [-0.3, -0.25) is 4.79 Å². The Bertz CT molecular complexity index is 651. The second kappa shape index (κ2) is 6.61. The second-order valence-electron chi connectivity index (χ2n) is 4.45. The Hall–Kier alpha value is -1.04. The summed E-state index contributed by atoms with van der Waals surface area (Å²) in [7, 11) is -3.77. The van der Waals surface area contributed by atoms with Gasteiger partial charge in [-0.15, -0.1) is 0 Å². The summed E-state index contributed by atoms with van der Waals surface area (Å²) in [4.78, 5) is 11.9. The lowest BCUT2D eigenvalue weighted by molar-refractivity contribution is -0.112. The lowest BCUT2D eigenvalue weighted by Gasteiger charge is -2.10. The summed E-state index contributed by atoms with van der Waals surface area (Å²) in [6.45, 7) is 4.72. The van der Waals surface area contributed by atoms with Crippen LogP contribution in [0.25, 0.3) is 0 Å². The zero-order valence-corrected chi connectivity index (χ0v) is 13.6. The summed E-state index contributed by atoms with van der Waals surface area (Å²) in [6, 6.07) is 7.05. The maximum atomic E-state index is 11.9. The molecule has 0 unspecified atom stereocenters. The molecule has 0 bridgehead atoms. The summed E-state index contributed by atoms with van der Waals surface area (Å²) in [5, 5.41) is 1.23. The third-order valence-electron chi connectivity index (χ3n) is 2.64. The number of amides is 1. The van der Waals surface area contributed by atoms with Crippen LogP contribution in [0, 0.1) is 6.92 Å². The van der Waals surface area contributed by atoms with E-state index in [1.807, 2.05) is 6.07 Å². The minimum absolute atomic E-state index is 0.538. The molecule has 0 radical (unpaired) electrons. The summed E-state index contributed by atoms with van der Waals surface area (Å²) in [6.07, 6.45) is 0. The lowest BCUT2D eigenvalue weighted by Crippen LogP contribution is -2.19. The molecule has 0 spiro atoms. The van der Waals surface area contributed by atoms with Crippen LogP contribution in [-0.4, -0.2) is 19.6 Å². The fourth-order valence-electron chi connectivity index (χ4n) is 1.31. The molecule has 0 saturated heterocycles. The molecule has 0 atom stereocenters. The fraction of sp³-hybridized carbons (Fsp3) is 0.308. The first kappa shape index (κ1) is 17.0. The molecule has 7 heteroatoms. The Morgan fingerprint density at radius 3 is 2.25 bits per heavy atom. The highest BCUT2D eigenvalue weighted by atomic mass is 35.5. The number of sulfone groups is 1. The fourth-order valence-corrected chi connectivity index (χ4v) is 3.06. The van der Waals surface area contributed by atoms with Crippen molar-refractivity contribution in [2.75, 3.05) is 5.32 Å². The quantitative estimate of drug-likeness (QED) is 0.857. The molecular weight excluding hydrogens is 321 g/mol. The number of para-hydroxylation sites is 1. The van der Waals surface area contributed by atoms with Gasteiger partial charge < -0.3 is 5.32 Å². The van der Waals surface area contributed by atoms with E-state index in [-0.39, 0.29) is 0 Å². The first-order valence-electron chi connectivity index (χ1n) is 5.84. The van der Waals surface area contributed by atoms with Gasteiger partial charge in [0.2, 0.25) is 0 Å². The van der Waals surface area contributed by atoms with Crippen molar-refractivity contribution in [2.45, 2.75) is 26.0 Å². The van der Waals surface area contributed by atoms with Crippen LogP contribution in [-0.2, 0) is 14.6 Å². The van der Waals surface area contributed by atoms with Crippen molar-refractivity contribution in [3.8, 4) is 0 Å². The van der Waals surface area contributed by atoms with E-state index in [4.69, 9.17) is 23.2 Å². The largest absolute Gasteiger partial charge is 0.321 e. The van der Waals surface area contributed by atoms with Crippen molar-refractivity contribution in [3.05, 3.63) is 39.2 Å². The summed E-state index contributed by atoms with van der Waals surface area (Å²) < 4.78 is 23.0. The monoisotopic (exact) mass is 335 g/mol. The molecule has 1 N–H and O–H groups in total. The Morgan fingerprint density at radius 2 is 1.75 bits per heavy atom. The first-order valence-corrected chi connectivity index (χ1v) is 8.14. The Labute approximate surface area is 128 Å². The minimum atomic E-state index is -3.77. The normalized spacial score (nSPS) is 13.1. The van der Waals surface area contributed by atoms with Crippen LogP contribution in [0.5, 0.6) is 0 Å². The minimum Gasteiger partial charge on any atom is -0.321 e. The van der Waals surface area contributed by atoms with Crippen molar-refractivity contribution >= 4 is 44.6 Å². The van der Waals surface area contributed by atoms with Gasteiger partial charge in [0.1, 0.15) is 5.03 Å². The number of carbonyl (C=O) groups is 1. The van der Waals surface area contributed by atoms with Crippen molar-refractivity contribution in [1.29, 1.82) is 0 Å². The molecule has 0 aliphatic heterocycles. The van der Waals surface area contributed by atoms with E-state index in [1.54, 1.807) is 25.1 Å². The molecule has 0 fully saturated rings. The van der Waals surface area contributed by atoms with E-state index >= 15 is 0 Å². The number of halogens is 2. The predicted molar refractivity (Wildman–Crippen MR) is 82.6 cm³/mol. The highest BCUT2D eigenvalue weighted by molar-refractivity contribution is 7.97. The topological polar surface area (TPSA) is 63.2 Å². The number of benzene rings is 1. The van der Waals surface area contributed by atoms with Crippen LogP contribution >= 0.6 is 23.2 Å². The molecular formula is C13H15Cl2NO3S.